The Bertz CT molecular complexity index is 1810. The lowest BCUT2D eigenvalue weighted by atomic mass is 10.1. The molecule has 3 heterocycles. The van der Waals surface area contributed by atoms with Gasteiger partial charge in [0.25, 0.3) is 5.56 Å². The molecule has 41 heavy (non-hydrogen) atoms. The van der Waals surface area contributed by atoms with Crippen molar-refractivity contribution in [2.75, 3.05) is 33.1 Å². The standard InChI is InChI=1S/C29H26F3N5O3S/c1-35(2)15-21-25-27(38)37(19-10-11-24(34-14-19)40-13-12-30)29(39)36(16-20-22(31)4-3-5-23(20)32)28(25)41-26(21)17-6-8-18(33)9-7-17/h3-11,14H,12-13,15-16,33H2,1-2H3. The lowest BCUT2D eigenvalue weighted by Gasteiger charge is -2.15. The molecule has 0 radical (unpaired) electrons. The van der Waals surface area contributed by atoms with Crippen molar-refractivity contribution in [3.63, 3.8) is 0 Å². The lowest BCUT2D eigenvalue weighted by molar-refractivity contribution is 0.264. The molecule has 2 aromatic carbocycles. The van der Waals surface area contributed by atoms with E-state index in [1.807, 2.05) is 31.1 Å². The van der Waals surface area contributed by atoms with Gasteiger partial charge >= 0.3 is 5.69 Å². The average molecular weight is 582 g/mol. The topological polar surface area (TPSA) is 95.4 Å². The molecule has 0 saturated heterocycles. The fraction of sp³-hybridized carbons (Fsp3) is 0.207. The van der Waals surface area contributed by atoms with Crippen LogP contribution in [0.3, 0.4) is 0 Å². The van der Waals surface area contributed by atoms with Crippen LogP contribution in [0.1, 0.15) is 11.1 Å². The molecule has 0 amide bonds. The molecule has 0 bridgehead atoms. The number of pyridine rings is 1. The number of anilines is 1. The van der Waals surface area contributed by atoms with Gasteiger partial charge in [0, 0.05) is 28.7 Å². The summed E-state index contributed by atoms with van der Waals surface area (Å²) >= 11 is 1.19. The van der Waals surface area contributed by atoms with Crippen molar-refractivity contribution in [1.29, 1.82) is 0 Å². The van der Waals surface area contributed by atoms with Crippen LogP contribution >= 0.6 is 11.3 Å². The highest BCUT2D eigenvalue weighted by Crippen LogP contribution is 2.38. The number of fused-ring (bicyclic) bond motifs is 1. The molecule has 3 aromatic heterocycles. The van der Waals surface area contributed by atoms with Gasteiger partial charge < -0.3 is 15.4 Å². The molecule has 0 saturated carbocycles. The first kappa shape index (κ1) is 28.1. The Hall–Kier alpha value is -4.42. The number of nitrogens with zero attached hydrogens (tertiary/aromatic N) is 4. The largest absolute Gasteiger partial charge is 0.475 e. The number of aromatic nitrogens is 3. The molecule has 0 spiro atoms. The number of benzene rings is 2. The number of hydrogen-bond donors (Lipinski definition) is 1. The van der Waals surface area contributed by atoms with Gasteiger partial charge in [0.05, 0.1) is 23.8 Å². The van der Waals surface area contributed by atoms with E-state index in [0.717, 1.165) is 27.1 Å². The zero-order valence-electron chi connectivity index (χ0n) is 22.2. The summed E-state index contributed by atoms with van der Waals surface area (Å²) in [6.45, 7) is -1.02. The third-order valence-corrected chi connectivity index (χ3v) is 7.71. The normalized spacial score (nSPS) is 11.5. The minimum Gasteiger partial charge on any atom is -0.475 e. The third kappa shape index (κ3) is 5.48. The minimum atomic E-state index is -0.817. The van der Waals surface area contributed by atoms with Gasteiger partial charge in [-0.3, -0.25) is 9.36 Å². The number of nitrogens with two attached hydrogens (primary N) is 1. The van der Waals surface area contributed by atoms with Crippen LogP contribution in [0.5, 0.6) is 5.88 Å². The molecule has 12 heteroatoms. The number of thiophene rings is 1. The first-order valence-electron chi connectivity index (χ1n) is 12.6. The zero-order chi connectivity index (χ0) is 29.3. The predicted octanol–water partition coefficient (Wildman–Crippen LogP) is 4.59. The second kappa shape index (κ2) is 11.6. The Morgan fingerprint density at radius 1 is 1.00 bits per heavy atom. The highest BCUT2D eigenvalue weighted by Gasteiger charge is 2.25. The van der Waals surface area contributed by atoms with Gasteiger partial charge in [-0.2, -0.15) is 0 Å². The number of nitrogen functional groups attached to an aromatic ring is 1. The fourth-order valence-electron chi connectivity index (χ4n) is 4.55. The van der Waals surface area contributed by atoms with Crippen molar-refractivity contribution in [3.8, 4) is 22.0 Å². The van der Waals surface area contributed by atoms with Crippen LogP contribution < -0.4 is 21.7 Å². The summed E-state index contributed by atoms with van der Waals surface area (Å²) in [6.07, 6.45) is 1.26. The number of hydrogen-bond acceptors (Lipinski definition) is 7. The van der Waals surface area contributed by atoms with E-state index in [2.05, 4.69) is 4.98 Å². The van der Waals surface area contributed by atoms with Gasteiger partial charge in [-0.05, 0) is 55.6 Å². The Labute approximate surface area is 236 Å². The van der Waals surface area contributed by atoms with Crippen molar-refractivity contribution < 1.29 is 17.9 Å². The molecule has 0 atom stereocenters. The number of halogens is 3. The zero-order valence-corrected chi connectivity index (χ0v) is 23.1. The lowest BCUT2D eigenvalue weighted by Crippen LogP contribution is -2.39. The van der Waals surface area contributed by atoms with E-state index in [-0.39, 0.29) is 34.0 Å². The van der Waals surface area contributed by atoms with Crippen LogP contribution in [0.4, 0.5) is 18.9 Å². The molecule has 5 rings (SSSR count). The first-order valence-corrected chi connectivity index (χ1v) is 13.4. The van der Waals surface area contributed by atoms with E-state index in [1.54, 1.807) is 12.1 Å². The van der Waals surface area contributed by atoms with Gasteiger partial charge in [-0.1, -0.05) is 18.2 Å². The second-order valence-corrected chi connectivity index (χ2v) is 10.6. The Morgan fingerprint density at radius 3 is 2.32 bits per heavy atom. The Morgan fingerprint density at radius 2 is 1.71 bits per heavy atom. The van der Waals surface area contributed by atoms with E-state index < -0.39 is 36.1 Å². The van der Waals surface area contributed by atoms with Gasteiger partial charge in [0.2, 0.25) is 5.88 Å². The summed E-state index contributed by atoms with van der Waals surface area (Å²) < 4.78 is 49.4. The summed E-state index contributed by atoms with van der Waals surface area (Å²) in [6, 6.07) is 13.4. The van der Waals surface area contributed by atoms with Gasteiger partial charge in [0.1, 0.15) is 29.7 Å². The summed E-state index contributed by atoms with van der Waals surface area (Å²) in [4.78, 5) is 35.0. The van der Waals surface area contributed by atoms with Crippen LogP contribution in [0.25, 0.3) is 26.3 Å². The maximum Gasteiger partial charge on any atom is 0.337 e. The number of alkyl halides is 1. The maximum absolute atomic E-state index is 14.8. The number of rotatable bonds is 9. The molecule has 8 nitrogen and oxygen atoms in total. The van der Waals surface area contributed by atoms with E-state index in [9.17, 15) is 22.8 Å². The summed E-state index contributed by atoms with van der Waals surface area (Å²) in [5, 5.41) is 0.240. The summed E-state index contributed by atoms with van der Waals surface area (Å²) in [5.41, 5.74) is 6.28. The quantitative estimate of drug-likeness (QED) is 0.256. The van der Waals surface area contributed by atoms with E-state index in [0.29, 0.717) is 17.8 Å². The molecule has 0 aliphatic carbocycles. The van der Waals surface area contributed by atoms with Gasteiger partial charge in [-0.15, -0.1) is 11.3 Å². The molecule has 0 aliphatic rings. The van der Waals surface area contributed by atoms with Crippen LogP contribution in [0.15, 0.2) is 70.4 Å². The van der Waals surface area contributed by atoms with Gasteiger partial charge in [-0.25, -0.2) is 27.5 Å². The molecule has 2 N–H and O–H groups in total. The average Bonchev–Trinajstić information content (AvgIpc) is 3.31. The molecule has 0 aliphatic heterocycles. The molecular weight excluding hydrogens is 555 g/mol. The minimum absolute atomic E-state index is 0.115. The maximum atomic E-state index is 14.8. The fourth-order valence-corrected chi connectivity index (χ4v) is 5.85. The third-order valence-electron chi connectivity index (χ3n) is 6.40. The summed E-state index contributed by atoms with van der Waals surface area (Å²) in [5.74, 6) is -1.52. The van der Waals surface area contributed by atoms with E-state index >= 15 is 0 Å². The van der Waals surface area contributed by atoms with E-state index in [4.69, 9.17) is 10.5 Å². The SMILES string of the molecule is CN(C)Cc1c(-c2ccc(N)cc2)sc2c1c(=O)n(-c1ccc(OCCF)nc1)c(=O)n2Cc1c(F)cccc1F. The van der Waals surface area contributed by atoms with Crippen LogP contribution in [-0.4, -0.2) is 46.4 Å². The smallest absolute Gasteiger partial charge is 0.337 e. The number of ether oxygens (including phenoxy) is 1. The van der Waals surface area contributed by atoms with Crippen LogP contribution in [0, 0.1) is 11.6 Å². The van der Waals surface area contributed by atoms with Crippen LogP contribution in [0.2, 0.25) is 0 Å². The van der Waals surface area contributed by atoms with Crippen molar-refractivity contribution in [2.45, 2.75) is 13.1 Å². The second-order valence-electron chi connectivity index (χ2n) is 9.55. The first-order chi connectivity index (χ1) is 19.7. The Balaban J connectivity index is 1.84. The Kier molecular flexibility index (Phi) is 7.95. The van der Waals surface area contributed by atoms with Crippen molar-refractivity contribution >= 4 is 27.2 Å². The summed E-state index contributed by atoms with van der Waals surface area (Å²) in [7, 11) is 3.69. The highest BCUT2D eigenvalue weighted by atomic mass is 32.1. The molecule has 0 unspecified atom stereocenters. The molecular formula is C29H26F3N5O3S. The highest BCUT2D eigenvalue weighted by molar-refractivity contribution is 7.22. The van der Waals surface area contributed by atoms with Crippen molar-refractivity contribution in [1.82, 2.24) is 19.0 Å². The van der Waals surface area contributed by atoms with Crippen molar-refractivity contribution in [3.05, 3.63) is 104 Å². The molecule has 212 valence electrons. The van der Waals surface area contributed by atoms with Crippen molar-refractivity contribution in [2.24, 2.45) is 0 Å². The van der Waals surface area contributed by atoms with Crippen LogP contribution in [-0.2, 0) is 13.1 Å². The van der Waals surface area contributed by atoms with Gasteiger partial charge in [0.15, 0.2) is 0 Å². The molecule has 5 aromatic rings. The molecule has 0 fully saturated rings. The predicted molar refractivity (Wildman–Crippen MR) is 154 cm³/mol. The monoisotopic (exact) mass is 581 g/mol. The van der Waals surface area contributed by atoms with E-state index in [1.165, 1.54) is 40.3 Å².